The molecule has 12 heavy (non-hydrogen) atoms. The third-order valence-electron chi connectivity index (χ3n) is 1.89. The summed E-state index contributed by atoms with van der Waals surface area (Å²) in [6.07, 6.45) is 0.789. The summed E-state index contributed by atoms with van der Waals surface area (Å²) >= 11 is 0. The Hall–Kier alpha value is -1.22. The van der Waals surface area contributed by atoms with Gasteiger partial charge in [-0.2, -0.15) is 0 Å². The minimum atomic E-state index is -0.131. The topological polar surface area (TPSA) is 72.3 Å². The van der Waals surface area contributed by atoms with Gasteiger partial charge in [0.05, 0.1) is 0 Å². The molecule has 0 spiro atoms. The molecule has 0 saturated heterocycles. The number of benzene rings is 1. The molecule has 0 aliphatic heterocycles. The molecule has 3 nitrogen and oxygen atoms in total. The number of nitrogen functional groups attached to an aromatic ring is 1. The standard InChI is InChI=1S/C9H14N2O/c1-2-8(11)7-5-6(10)3-4-9(7)12/h3-5,8,12H,2,10-11H2,1H3. The van der Waals surface area contributed by atoms with Gasteiger partial charge >= 0.3 is 0 Å². The largest absolute Gasteiger partial charge is 0.508 e. The van der Waals surface area contributed by atoms with Crippen molar-refractivity contribution in [3.8, 4) is 5.75 Å². The number of anilines is 1. The van der Waals surface area contributed by atoms with Crippen molar-refractivity contribution in [2.45, 2.75) is 19.4 Å². The van der Waals surface area contributed by atoms with E-state index in [0.29, 0.717) is 5.69 Å². The molecule has 1 rings (SSSR count). The molecule has 1 atom stereocenters. The van der Waals surface area contributed by atoms with Crippen LogP contribution in [-0.4, -0.2) is 5.11 Å². The van der Waals surface area contributed by atoms with E-state index >= 15 is 0 Å². The highest BCUT2D eigenvalue weighted by Gasteiger charge is 2.08. The lowest BCUT2D eigenvalue weighted by atomic mass is 10.0. The highest BCUT2D eigenvalue weighted by atomic mass is 16.3. The van der Waals surface area contributed by atoms with Crippen molar-refractivity contribution >= 4 is 5.69 Å². The van der Waals surface area contributed by atoms with E-state index in [-0.39, 0.29) is 11.8 Å². The molecule has 1 unspecified atom stereocenters. The lowest BCUT2D eigenvalue weighted by Gasteiger charge is -2.11. The molecule has 0 aromatic heterocycles. The number of phenolic OH excluding ortho intramolecular Hbond substituents is 1. The highest BCUT2D eigenvalue weighted by molar-refractivity contribution is 5.48. The van der Waals surface area contributed by atoms with Crippen LogP contribution < -0.4 is 11.5 Å². The molecular weight excluding hydrogens is 152 g/mol. The van der Waals surface area contributed by atoms with Crippen LogP contribution in [0.3, 0.4) is 0 Å². The predicted octanol–water partition coefficient (Wildman–Crippen LogP) is 1.38. The van der Waals surface area contributed by atoms with Gasteiger partial charge < -0.3 is 16.6 Å². The molecule has 0 radical (unpaired) electrons. The summed E-state index contributed by atoms with van der Waals surface area (Å²) in [6, 6.07) is 4.80. The Morgan fingerprint density at radius 1 is 1.50 bits per heavy atom. The maximum absolute atomic E-state index is 9.40. The molecule has 66 valence electrons. The minimum Gasteiger partial charge on any atom is -0.508 e. The van der Waals surface area contributed by atoms with Crippen LogP contribution in [0.25, 0.3) is 0 Å². The Balaban J connectivity index is 3.04. The maximum atomic E-state index is 9.40. The van der Waals surface area contributed by atoms with Crippen LogP contribution in [0.1, 0.15) is 24.9 Å². The van der Waals surface area contributed by atoms with Crippen molar-refractivity contribution in [3.63, 3.8) is 0 Å². The average Bonchev–Trinajstić information content (AvgIpc) is 2.08. The van der Waals surface area contributed by atoms with Gasteiger partial charge in [-0.25, -0.2) is 0 Å². The van der Waals surface area contributed by atoms with Gasteiger partial charge in [-0.15, -0.1) is 0 Å². The predicted molar refractivity (Wildman–Crippen MR) is 49.7 cm³/mol. The fraction of sp³-hybridized carbons (Fsp3) is 0.333. The maximum Gasteiger partial charge on any atom is 0.120 e. The van der Waals surface area contributed by atoms with E-state index in [1.165, 1.54) is 0 Å². The average molecular weight is 166 g/mol. The number of nitrogens with two attached hydrogens (primary N) is 2. The highest BCUT2D eigenvalue weighted by Crippen LogP contribution is 2.26. The smallest absolute Gasteiger partial charge is 0.120 e. The summed E-state index contributed by atoms with van der Waals surface area (Å²) < 4.78 is 0. The Morgan fingerprint density at radius 2 is 2.17 bits per heavy atom. The Kier molecular flexibility index (Phi) is 2.55. The third kappa shape index (κ3) is 1.68. The Morgan fingerprint density at radius 3 is 2.75 bits per heavy atom. The van der Waals surface area contributed by atoms with Gasteiger partial charge in [-0.1, -0.05) is 6.92 Å². The van der Waals surface area contributed by atoms with Gasteiger partial charge in [-0.05, 0) is 24.6 Å². The molecule has 3 heteroatoms. The van der Waals surface area contributed by atoms with Crippen LogP contribution in [0.4, 0.5) is 5.69 Å². The van der Waals surface area contributed by atoms with Crippen LogP contribution >= 0.6 is 0 Å². The van der Waals surface area contributed by atoms with Crippen LogP contribution in [0.15, 0.2) is 18.2 Å². The van der Waals surface area contributed by atoms with E-state index in [9.17, 15) is 5.11 Å². The van der Waals surface area contributed by atoms with E-state index in [4.69, 9.17) is 11.5 Å². The summed E-state index contributed by atoms with van der Waals surface area (Å²) in [5.74, 6) is 0.221. The first-order valence-electron chi connectivity index (χ1n) is 3.99. The molecule has 0 saturated carbocycles. The number of rotatable bonds is 2. The van der Waals surface area contributed by atoms with Gasteiger partial charge in [0.25, 0.3) is 0 Å². The van der Waals surface area contributed by atoms with Gasteiger partial charge in [0.2, 0.25) is 0 Å². The Bertz CT molecular complexity index is 273. The van der Waals surface area contributed by atoms with Crippen LogP contribution in [0, 0.1) is 0 Å². The normalized spacial score (nSPS) is 12.8. The number of hydrogen-bond acceptors (Lipinski definition) is 3. The van der Waals surface area contributed by atoms with Crippen LogP contribution in [0.2, 0.25) is 0 Å². The summed E-state index contributed by atoms with van der Waals surface area (Å²) in [4.78, 5) is 0. The van der Waals surface area contributed by atoms with Crippen LogP contribution in [-0.2, 0) is 0 Å². The lowest BCUT2D eigenvalue weighted by Crippen LogP contribution is -2.09. The summed E-state index contributed by atoms with van der Waals surface area (Å²) in [7, 11) is 0. The van der Waals surface area contributed by atoms with Gasteiger partial charge in [-0.3, -0.25) is 0 Å². The zero-order chi connectivity index (χ0) is 9.14. The summed E-state index contributed by atoms with van der Waals surface area (Å²) in [6.45, 7) is 1.97. The summed E-state index contributed by atoms with van der Waals surface area (Å²) in [5, 5.41) is 9.40. The number of hydrogen-bond donors (Lipinski definition) is 3. The molecule has 0 bridgehead atoms. The number of aromatic hydroxyl groups is 1. The fourth-order valence-electron chi connectivity index (χ4n) is 1.09. The monoisotopic (exact) mass is 166 g/mol. The molecule has 5 N–H and O–H groups in total. The first kappa shape index (κ1) is 8.87. The molecule has 0 amide bonds. The van der Waals surface area contributed by atoms with Gasteiger partial charge in [0, 0.05) is 17.3 Å². The van der Waals surface area contributed by atoms with Crippen molar-refractivity contribution in [1.82, 2.24) is 0 Å². The molecular formula is C9H14N2O. The van der Waals surface area contributed by atoms with Crippen LogP contribution in [0.5, 0.6) is 5.75 Å². The molecule has 0 fully saturated rings. The minimum absolute atomic E-state index is 0.131. The second kappa shape index (κ2) is 3.45. The fourth-order valence-corrected chi connectivity index (χ4v) is 1.09. The molecule has 1 aromatic rings. The van der Waals surface area contributed by atoms with Gasteiger partial charge in [0.15, 0.2) is 0 Å². The van der Waals surface area contributed by atoms with E-state index in [1.54, 1.807) is 18.2 Å². The zero-order valence-corrected chi connectivity index (χ0v) is 7.12. The molecule has 0 heterocycles. The van der Waals surface area contributed by atoms with E-state index in [1.807, 2.05) is 6.92 Å². The van der Waals surface area contributed by atoms with E-state index < -0.39 is 0 Å². The molecule has 1 aromatic carbocycles. The Labute approximate surface area is 72.0 Å². The van der Waals surface area contributed by atoms with Crippen molar-refractivity contribution in [2.75, 3.05) is 5.73 Å². The number of phenols is 1. The van der Waals surface area contributed by atoms with E-state index in [2.05, 4.69) is 0 Å². The second-order valence-electron chi connectivity index (χ2n) is 2.83. The zero-order valence-electron chi connectivity index (χ0n) is 7.12. The van der Waals surface area contributed by atoms with E-state index in [0.717, 1.165) is 12.0 Å². The van der Waals surface area contributed by atoms with Gasteiger partial charge in [0.1, 0.15) is 5.75 Å². The third-order valence-corrected chi connectivity index (χ3v) is 1.89. The molecule has 0 aliphatic carbocycles. The SMILES string of the molecule is CCC(N)c1cc(N)ccc1O. The molecule has 0 aliphatic rings. The first-order chi connectivity index (χ1) is 5.65. The quantitative estimate of drug-likeness (QED) is 0.459. The van der Waals surface area contributed by atoms with Crippen molar-refractivity contribution < 1.29 is 5.11 Å². The first-order valence-corrected chi connectivity index (χ1v) is 3.99. The lowest BCUT2D eigenvalue weighted by molar-refractivity contribution is 0.460. The van der Waals surface area contributed by atoms with Crippen molar-refractivity contribution in [2.24, 2.45) is 5.73 Å². The van der Waals surface area contributed by atoms with Crippen molar-refractivity contribution in [3.05, 3.63) is 23.8 Å². The van der Waals surface area contributed by atoms with Crippen molar-refractivity contribution in [1.29, 1.82) is 0 Å². The summed E-state index contributed by atoms with van der Waals surface area (Å²) in [5.41, 5.74) is 12.7. The second-order valence-corrected chi connectivity index (χ2v) is 2.83.